The number of hydrogen-bond donors (Lipinski definition) is 0. The summed E-state index contributed by atoms with van der Waals surface area (Å²) in [6.07, 6.45) is 0. The number of rotatable bonds is 4. The Bertz CT molecular complexity index is 548. The molecule has 0 aliphatic rings. The van der Waals surface area contributed by atoms with E-state index in [1.807, 2.05) is 73.3 Å². The summed E-state index contributed by atoms with van der Waals surface area (Å²) in [7, 11) is 0. The Morgan fingerprint density at radius 1 is 1.05 bits per heavy atom. The monoisotopic (exact) mass is 253 g/mol. The first-order valence-electron chi connectivity index (χ1n) is 6.60. The summed E-state index contributed by atoms with van der Waals surface area (Å²) in [6, 6.07) is 17.8. The molecule has 2 rings (SSSR count). The molecule has 2 heteroatoms. The maximum atomic E-state index is 12.5. The second-order valence-corrected chi connectivity index (χ2v) is 4.67. The molecule has 0 aliphatic carbocycles. The molecule has 0 N–H and O–H groups in total. The number of amides is 1. The first-order chi connectivity index (χ1) is 9.20. The highest BCUT2D eigenvalue weighted by atomic mass is 16.2. The van der Waals surface area contributed by atoms with Gasteiger partial charge in [-0.05, 0) is 31.5 Å². The smallest absolute Gasteiger partial charge is 0.254 e. The third-order valence-corrected chi connectivity index (χ3v) is 3.15. The number of nitrogens with zero attached hydrogens (tertiary/aromatic N) is 1. The first kappa shape index (κ1) is 13.3. The zero-order valence-corrected chi connectivity index (χ0v) is 11.5. The zero-order chi connectivity index (χ0) is 13.7. The maximum absolute atomic E-state index is 12.5. The van der Waals surface area contributed by atoms with Crippen molar-refractivity contribution >= 4 is 5.91 Å². The first-order valence-corrected chi connectivity index (χ1v) is 6.60. The van der Waals surface area contributed by atoms with Crippen LogP contribution in [-0.4, -0.2) is 17.4 Å². The Kier molecular flexibility index (Phi) is 4.35. The van der Waals surface area contributed by atoms with Crippen molar-refractivity contribution in [3.8, 4) is 0 Å². The summed E-state index contributed by atoms with van der Waals surface area (Å²) in [5, 5.41) is 0. The molecule has 0 unspecified atom stereocenters. The third-order valence-electron chi connectivity index (χ3n) is 3.15. The van der Waals surface area contributed by atoms with Gasteiger partial charge in [-0.2, -0.15) is 0 Å². The fraction of sp³-hybridized carbons (Fsp3) is 0.235. The predicted octanol–water partition coefficient (Wildman–Crippen LogP) is 3.66. The Balaban J connectivity index is 2.16. The van der Waals surface area contributed by atoms with E-state index in [0.717, 1.165) is 16.7 Å². The van der Waals surface area contributed by atoms with Gasteiger partial charge >= 0.3 is 0 Å². The van der Waals surface area contributed by atoms with Gasteiger partial charge in [0.25, 0.3) is 5.91 Å². The molecule has 2 aromatic rings. The van der Waals surface area contributed by atoms with Crippen LogP contribution in [0.2, 0.25) is 0 Å². The van der Waals surface area contributed by atoms with Crippen LogP contribution in [0.5, 0.6) is 0 Å². The molecule has 1 amide bonds. The van der Waals surface area contributed by atoms with E-state index in [0.29, 0.717) is 13.1 Å². The van der Waals surface area contributed by atoms with Crippen LogP contribution in [0, 0.1) is 6.92 Å². The zero-order valence-electron chi connectivity index (χ0n) is 11.5. The molecule has 19 heavy (non-hydrogen) atoms. The second kappa shape index (κ2) is 6.19. The SMILES string of the molecule is CCN(Cc1ccccc1)C(=O)c1cccc(C)c1. The highest BCUT2D eigenvalue weighted by Crippen LogP contribution is 2.11. The number of hydrogen-bond acceptors (Lipinski definition) is 1. The fourth-order valence-electron chi connectivity index (χ4n) is 2.09. The van der Waals surface area contributed by atoms with Crippen LogP contribution < -0.4 is 0 Å². The summed E-state index contributed by atoms with van der Waals surface area (Å²) in [5.41, 5.74) is 3.03. The summed E-state index contributed by atoms with van der Waals surface area (Å²) < 4.78 is 0. The molecule has 0 fully saturated rings. The molecule has 0 saturated heterocycles. The van der Waals surface area contributed by atoms with E-state index in [-0.39, 0.29) is 5.91 Å². The summed E-state index contributed by atoms with van der Waals surface area (Å²) in [4.78, 5) is 14.3. The Labute approximate surface area is 114 Å². The van der Waals surface area contributed by atoms with E-state index < -0.39 is 0 Å². The Morgan fingerprint density at radius 2 is 1.79 bits per heavy atom. The highest BCUT2D eigenvalue weighted by molar-refractivity contribution is 5.94. The molecule has 0 atom stereocenters. The van der Waals surface area contributed by atoms with Crippen LogP contribution >= 0.6 is 0 Å². The predicted molar refractivity (Wildman–Crippen MR) is 78.0 cm³/mol. The molecule has 0 radical (unpaired) electrons. The van der Waals surface area contributed by atoms with Crippen LogP contribution in [-0.2, 0) is 6.54 Å². The van der Waals surface area contributed by atoms with E-state index in [1.54, 1.807) is 0 Å². The molecule has 0 heterocycles. The van der Waals surface area contributed by atoms with Gasteiger partial charge in [0.1, 0.15) is 0 Å². The average molecular weight is 253 g/mol. The van der Waals surface area contributed by atoms with Crippen molar-refractivity contribution in [1.29, 1.82) is 0 Å². The van der Waals surface area contributed by atoms with Crippen molar-refractivity contribution in [2.24, 2.45) is 0 Å². The fourth-order valence-corrected chi connectivity index (χ4v) is 2.09. The van der Waals surface area contributed by atoms with Crippen molar-refractivity contribution in [3.63, 3.8) is 0 Å². The van der Waals surface area contributed by atoms with E-state index >= 15 is 0 Å². The van der Waals surface area contributed by atoms with Crippen molar-refractivity contribution in [2.75, 3.05) is 6.54 Å². The van der Waals surface area contributed by atoms with Crippen LogP contribution in [0.1, 0.15) is 28.4 Å². The standard InChI is InChI=1S/C17H19NO/c1-3-18(13-15-9-5-4-6-10-15)17(19)16-11-7-8-14(2)12-16/h4-12H,3,13H2,1-2H3. The van der Waals surface area contributed by atoms with Crippen molar-refractivity contribution in [1.82, 2.24) is 4.90 Å². The normalized spacial score (nSPS) is 10.2. The number of aryl methyl sites for hydroxylation is 1. The Morgan fingerprint density at radius 3 is 2.42 bits per heavy atom. The lowest BCUT2D eigenvalue weighted by Gasteiger charge is -2.21. The number of benzene rings is 2. The lowest BCUT2D eigenvalue weighted by molar-refractivity contribution is 0.0752. The van der Waals surface area contributed by atoms with Gasteiger partial charge < -0.3 is 4.90 Å². The maximum Gasteiger partial charge on any atom is 0.254 e. The summed E-state index contributed by atoms with van der Waals surface area (Å²) >= 11 is 0. The van der Waals surface area contributed by atoms with E-state index in [9.17, 15) is 4.79 Å². The van der Waals surface area contributed by atoms with E-state index in [1.165, 1.54) is 0 Å². The van der Waals surface area contributed by atoms with Gasteiger partial charge in [0, 0.05) is 18.7 Å². The van der Waals surface area contributed by atoms with Gasteiger partial charge in [0.15, 0.2) is 0 Å². The van der Waals surface area contributed by atoms with Crippen molar-refractivity contribution < 1.29 is 4.79 Å². The lowest BCUT2D eigenvalue weighted by Crippen LogP contribution is -2.30. The molecule has 2 nitrogen and oxygen atoms in total. The summed E-state index contributed by atoms with van der Waals surface area (Å²) in [5.74, 6) is 0.0926. The molecule has 0 spiro atoms. The van der Waals surface area contributed by atoms with Gasteiger partial charge in [-0.1, -0.05) is 48.0 Å². The molecule has 0 bridgehead atoms. The van der Waals surface area contributed by atoms with Gasteiger partial charge in [-0.15, -0.1) is 0 Å². The highest BCUT2D eigenvalue weighted by Gasteiger charge is 2.14. The molecule has 2 aromatic carbocycles. The minimum Gasteiger partial charge on any atom is -0.335 e. The minimum absolute atomic E-state index is 0.0926. The van der Waals surface area contributed by atoms with Gasteiger partial charge in [0.05, 0.1) is 0 Å². The van der Waals surface area contributed by atoms with Gasteiger partial charge in [-0.3, -0.25) is 4.79 Å². The van der Waals surface area contributed by atoms with Crippen LogP contribution in [0.15, 0.2) is 54.6 Å². The van der Waals surface area contributed by atoms with E-state index in [4.69, 9.17) is 0 Å². The minimum atomic E-state index is 0.0926. The van der Waals surface area contributed by atoms with Crippen LogP contribution in [0.4, 0.5) is 0 Å². The van der Waals surface area contributed by atoms with Crippen LogP contribution in [0.3, 0.4) is 0 Å². The molecular weight excluding hydrogens is 234 g/mol. The largest absolute Gasteiger partial charge is 0.335 e. The summed E-state index contributed by atoms with van der Waals surface area (Å²) in [6.45, 7) is 5.38. The lowest BCUT2D eigenvalue weighted by atomic mass is 10.1. The molecule has 0 aromatic heterocycles. The topological polar surface area (TPSA) is 20.3 Å². The molecule has 0 aliphatic heterocycles. The molecule has 0 saturated carbocycles. The average Bonchev–Trinajstić information content (AvgIpc) is 2.45. The number of carbonyl (C=O) groups excluding carboxylic acids is 1. The van der Waals surface area contributed by atoms with Crippen molar-refractivity contribution in [2.45, 2.75) is 20.4 Å². The number of carbonyl (C=O) groups is 1. The van der Waals surface area contributed by atoms with Crippen molar-refractivity contribution in [3.05, 3.63) is 71.3 Å². The second-order valence-electron chi connectivity index (χ2n) is 4.67. The molecule has 98 valence electrons. The van der Waals surface area contributed by atoms with Gasteiger partial charge in [-0.25, -0.2) is 0 Å². The van der Waals surface area contributed by atoms with E-state index in [2.05, 4.69) is 0 Å². The van der Waals surface area contributed by atoms with Gasteiger partial charge in [0.2, 0.25) is 0 Å². The Hall–Kier alpha value is -2.09. The third kappa shape index (κ3) is 3.44. The van der Waals surface area contributed by atoms with Crippen LogP contribution in [0.25, 0.3) is 0 Å². The molecular formula is C17H19NO. The quantitative estimate of drug-likeness (QED) is 0.814.